The minimum absolute atomic E-state index is 0.553. The van der Waals surface area contributed by atoms with Crippen molar-refractivity contribution in [2.45, 2.75) is 40.0 Å². The molecule has 5 nitrogen and oxygen atoms in total. The lowest BCUT2D eigenvalue weighted by atomic mass is 10.0. The molecule has 1 aromatic carbocycles. The molecular formula is C21H28Br2N3O2PS2. The molecule has 0 fully saturated rings. The number of benzene rings is 1. The van der Waals surface area contributed by atoms with Crippen molar-refractivity contribution in [3.05, 3.63) is 51.2 Å². The first-order chi connectivity index (χ1) is 14.8. The van der Waals surface area contributed by atoms with Gasteiger partial charge in [-0.1, -0.05) is 70.3 Å². The molecule has 0 aliphatic rings. The minimum Gasteiger partial charge on any atom is -0.420 e. The van der Waals surface area contributed by atoms with Crippen molar-refractivity contribution < 1.29 is 9.05 Å². The lowest BCUT2D eigenvalue weighted by Gasteiger charge is -2.26. The van der Waals surface area contributed by atoms with E-state index in [9.17, 15) is 0 Å². The summed E-state index contributed by atoms with van der Waals surface area (Å²) < 4.78 is 14.3. The topological polar surface area (TPSA) is 55.7 Å². The fourth-order valence-corrected chi connectivity index (χ4v) is 7.18. The van der Waals surface area contributed by atoms with Crippen LogP contribution in [0.2, 0.25) is 0 Å². The summed E-state index contributed by atoms with van der Waals surface area (Å²) in [6.07, 6.45) is 8.80. The Labute approximate surface area is 211 Å². The van der Waals surface area contributed by atoms with Crippen molar-refractivity contribution >= 4 is 67.2 Å². The Morgan fingerprint density at radius 3 is 2.55 bits per heavy atom. The largest absolute Gasteiger partial charge is 0.420 e. The van der Waals surface area contributed by atoms with E-state index in [0.717, 1.165) is 45.5 Å². The highest BCUT2D eigenvalue weighted by Gasteiger charge is 2.26. The molecule has 0 saturated heterocycles. The summed E-state index contributed by atoms with van der Waals surface area (Å²) in [5.74, 6) is 1.79. The summed E-state index contributed by atoms with van der Waals surface area (Å²) in [4.78, 5) is 8.93. The van der Waals surface area contributed by atoms with Gasteiger partial charge in [-0.3, -0.25) is 15.1 Å². The second kappa shape index (κ2) is 13.2. The number of aromatic nitrogens is 1. The van der Waals surface area contributed by atoms with Crippen molar-refractivity contribution in [2.75, 3.05) is 12.8 Å². The number of halogens is 2. The molecule has 2 rings (SSSR count). The van der Waals surface area contributed by atoms with E-state index in [4.69, 9.17) is 25.8 Å². The van der Waals surface area contributed by atoms with Crippen molar-refractivity contribution in [1.29, 1.82) is 0 Å². The van der Waals surface area contributed by atoms with Gasteiger partial charge in [0.05, 0.1) is 0 Å². The Morgan fingerprint density at radius 2 is 1.97 bits per heavy atom. The molecule has 10 heteroatoms. The van der Waals surface area contributed by atoms with Crippen LogP contribution in [-0.4, -0.2) is 23.0 Å². The molecule has 0 aliphatic carbocycles. The number of nitrogens with one attached hydrogen (secondary N) is 1. The molecule has 1 aromatic heterocycles. The Balaban J connectivity index is 2.33. The van der Waals surface area contributed by atoms with Gasteiger partial charge in [-0.05, 0) is 49.8 Å². The van der Waals surface area contributed by atoms with Crippen molar-refractivity contribution in [3.63, 3.8) is 0 Å². The third-order valence-corrected chi connectivity index (χ3v) is 8.22. The average molecular weight is 609 g/mol. The second-order valence-corrected chi connectivity index (χ2v) is 12.6. The predicted octanol–water partition coefficient (Wildman–Crippen LogP) is 7.73. The molecule has 170 valence electrons. The van der Waals surface area contributed by atoms with E-state index in [1.165, 1.54) is 11.8 Å². The van der Waals surface area contributed by atoms with Gasteiger partial charge in [0.1, 0.15) is 11.5 Å². The molecule has 1 N–H and O–H groups in total. The maximum absolute atomic E-state index is 6.26. The normalized spacial score (nSPS) is 14.6. The summed E-state index contributed by atoms with van der Waals surface area (Å²) in [5, 5.41) is 4.03. The first kappa shape index (κ1) is 26.7. The van der Waals surface area contributed by atoms with Crippen LogP contribution in [0.1, 0.15) is 38.7 Å². The third kappa shape index (κ3) is 9.04. The van der Waals surface area contributed by atoms with Crippen molar-refractivity contribution in [3.8, 4) is 11.5 Å². The van der Waals surface area contributed by atoms with Gasteiger partial charge in [-0.15, -0.1) is 0 Å². The molecule has 31 heavy (non-hydrogen) atoms. The molecule has 2 unspecified atom stereocenters. The van der Waals surface area contributed by atoms with Crippen LogP contribution >= 0.6 is 50.3 Å². The summed E-state index contributed by atoms with van der Waals surface area (Å²) >= 11 is 14.4. The fraction of sp³-hybridized carbons (Fsp3) is 0.429. The summed E-state index contributed by atoms with van der Waals surface area (Å²) in [5.41, 5.74) is 0.884. The first-order valence-corrected chi connectivity index (χ1v) is 15.5. The number of aliphatic imine (C=N–C) groups is 1. The maximum atomic E-state index is 6.26. The second-order valence-electron chi connectivity index (χ2n) is 6.95. The number of rotatable bonds is 10. The van der Waals surface area contributed by atoms with E-state index in [2.05, 4.69) is 55.8 Å². The van der Waals surface area contributed by atoms with Crippen molar-refractivity contribution in [1.82, 2.24) is 10.1 Å². The SMILES string of the molecule is CCCC(CC)CN=C(NP(=S)(Oc1cc(Br)cc(Br)c1)Oc1ccncc1C)SC. The van der Waals surface area contributed by atoms with E-state index in [-0.39, 0.29) is 0 Å². The third-order valence-electron chi connectivity index (χ3n) is 4.44. The number of hydrogen-bond acceptors (Lipinski definition) is 6. The van der Waals surface area contributed by atoms with Crippen LogP contribution in [0.25, 0.3) is 0 Å². The highest BCUT2D eigenvalue weighted by Crippen LogP contribution is 2.47. The van der Waals surface area contributed by atoms with E-state index >= 15 is 0 Å². The van der Waals surface area contributed by atoms with E-state index in [1.807, 2.05) is 31.4 Å². The van der Waals surface area contributed by atoms with Crippen LogP contribution in [0.15, 0.2) is 50.6 Å². The number of thioether (sulfide) groups is 1. The average Bonchev–Trinajstić information content (AvgIpc) is 2.71. The van der Waals surface area contributed by atoms with Crippen LogP contribution in [0, 0.1) is 12.8 Å². The van der Waals surface area contributed by atoms with E-state index < -0.39 is 6.64 Å². The lowest BCUT2D eigenvalue weighted by molar-refractivity contribution is 0.473. The number of hydrogen-bond donors (Lipinski definition) is 1. The Kier molecular flexibility index (Phi) is 11.3. The first-order valence-electron chi connectivity index (χ1n) is 10.0. The van der Waals surface area contributed by atoms with Gasteiger partial charge in [0.15, 0.2) is 5.17 Å². The van der Waals surface area contributed by atoms with Gasteiger partial charge < -0.3 is 9.05 Å². The fourth-order valence-electron chi connectivity index (χ4n) is 2.78. The van der Waals surface area contributed by atoms with Gasteiger partial charge >= 0.3 is 6.64 Å². The molecular weight excluding hydrogens is 581 g/mol. The minimum atomic E-state index is -3.02. The van der Waals surface area contributed by atoms with Gasteiger partial charge in [-0.25, -0.2) is 0 Å². The number of pyridine rings is 1. The quantitative estimate of drug-likeness (QED) is 0.169. The van der Waals surface area contributed by atoms with E-state index in [1.54, 1.807) is 18.5 Å². The highest BCUT2D eigenvalue weighted by molar-refractivity contribution is 9.11. The van der Waals surface area contributed by atoms with Crippen molar-refractivity contribution in [2.24, 2.45) is 10.9 Å². The molecule has 1 heterocycles. The van der Waals surface area contributed by atoms with E-state index in [0.29, 0.717) is 17.4 Å². The smallest absolute Gasteiger partial charge is 0.394 e. The number of aryl methyl sites for hydroxylation is 1. The number of amidine groups is 1. The predicted molar refractivity (Wildman–Crippen MR) is 144 cm³/mol. The van der Waals surface area contributed by atoms with Crippen LogP contribution < -0.4 is 14.1 Å². The van der Waals surface area contributed by atoms with Crippen LogP contribution in [0.5, 0.6) is 11.5 Å². The Bertz CT molecular complexity index is 926. The number of nitrogens with zero attached hydrogens (tertiary/aromatic N) is 2. The molecule has 0 spiro atoms. The summed E-state index contributed by atoms with van der Waals surface area (Å²) in [6, 6.07) is 7.45. The van der Waals surface area contributed by atoms with Gasteiger partial charge in [0.2, 0.25) is 0 Å². The molecule has 0 bridgehead atoms. The monoisotopic (exact) mass is 607 g/mol. The molecule has 0 amide bonds. The Hall–Kier alpha value is -0.600. The van der Waals surface area contributed by atoms with Gasteiger partial charge in [-0.2, -0.15) is 0 Å². The standard InChI is InChI=1S/C21H28Br2N3O2PS2/c1-5-7-16(6-2)14-25-21(31-4)26-29(30,28-20-8-9-24-13-15(20)3)27-19-11-17(22)10-18(23)12-19/h8-13,16H,5-7,14H2,1-4H3,(H,25,26,30). The molecule has 2 aromatic rings. The zero-order valence-electron chi connectivity index (χ0n) is 18.1. The maximum Gasteiger partial charge on any atom is 0.394 e. The zero-order chi connectivity index (χ0) is 22.9. The van der Waals surface area contributed by atoms with Crippen LogP contribution in [0.4, 0.5) is 0 Å². The summed E-state index contributed by atoms with van der Waals surface area (Å²) in [6.45, 7) is 4.06. The zero-order valence-corrected chi connectivity index (χ0v) is 23.8. The van der Waals surface area contributed by atoms with Crippen LogP contribution in [-0.2, 0) is 11.8 Å². The molecule has 0 radical (unpaired) electrons. The van der Waals surface area contributed by atoms with Crippen LogP contribution in [0.3, 0.4) is 0 Å². The van der Waals surface area contributed by atoms with Gasteiger partial charge in [0.25, 0.3) is 0 Å². The summed E-state index contributed by atoms with van der Waals surface area (Å²) in [7, 11) is 0. The van der Waals surface area contributed by atoms with Gasteiger partial charge in [0, 0.05) is 45.3 Å². The molecule has 0 saturated carbocycles. The highest BCUT2D eigenvalue weighted by atomic mass is 79.9. The lowest BCUT2D eigenvalue weighted by Crippen LogP contribution is -2.24. The molecule has 0 aliphatic heterocycles. The molecule has 2 atom stereocenters. The Morgan fingerprint density at radius 1 is 1.26 bits per heavy atom.